The normalized spacial score (nSPS) is 11.4. The predicted octanol–water partition coefficient (Wildman–Crippen LogP) is 4.48. The second-order valence-electron chi connectivity index (χ2n) is 6.03. The van der Waals surface area contributed by atoms with Gasteiger partial charge in [0.2, 0.25) is 0 Å². The van der Waals surface area contributed by atoms with Gasteiger partial charge in [-0.1, -0.05) is 24.3 Å². The number of hydrazone groups is 1. The van der Waals surface area contributed by atoms with Crippen molar-refractivity contribution in [3.8, 4) is 5.75 Å². The summed E-state index contributed by atoms with van der Waals surface area (Å²) in [6.07, 6.45) is 1.41. The molecule has 0 bridgehead atoms. The molecule has 0 unspecified atom stereocenters. The average Bonchev–Trinajstić information content (AvgIpc) is 2.72. The van der Waals surface area contributed by atoms with E-state index in [1.807, 2.05) is 0 Å². The van der Waals surface area contributed by atoms with Crippen molar-refractivity contribution < 1.29 is 18.3 Å². The van der Waals surface area contributed by atoms with E-state index in [9.17, 15) is 18.3 Å². The molecule has 0 saturated carbocycles. The van der Waals surface area contributed by atoms with E-state index in [4.69, 9.17) is 0 Å². The van der Waals surface area contributed by atoms with E-state index in [0.717, 1.165) is 0 Å². The number of hydrogen-bond acceptors (Lipinski definition) is 5. The number of sulfonamides is 1. The molecule has 0 heterocycles. The van der Waals surface area contributed by atoms with Crippen molar-refractivity contribution in [2.24, 2.45) is 5.10 Å². The lowest BCUT2D eigenvalue weighted by Crippen LogP contribution is -2.18. The molecule has 0 saturated heterocycles. The molecule has 10 heteroatoms. The molecule has 0 aromatic heterocycles. The molecule has 0 aliphatic rings. The van der Waals surface area contributed by atoms with Gasteiger partial charge in [0, 0.05) is 11.3 Å². The third-order valence-electron chi connectivity index (χ3n) is 3.85. The minimum atomic E-state index is -3.76. The number of anilines is 1. The lowest BCUT2D eigenvalue weighted by molar-refractivity contribution is 0.0955. The van der Waals surface area contributed by atoms with Gasteiger partial charge in [0.25, 0.3) is 15.9 Å². The van der Waals surface area contributed by atoms with Gasteiger partial charge in [0.1, 0.15) is 5.75 Å². The number of aromatic hydroxyl groups is 1. The standard InChI is InChI=1S/C20H15Br2N3O4S/c21-17-9-13(10-18(22)19(17)26)12-23-24-20(27)14-5-4-6-15(11-14)25-30(28,29)16-7-2-1-3-8-16/h1-12,25-26H,(H,24,27). The zero-order valence-electron chi connectivity index (χ0n) is 15.2. The highest BCUT2D eigenvalue weighted by Crippen LogP contribution is 2.32. The third kappa shape index (κ3) is 5.47. The molecule has 0 aliphatic carbocycles. The summed E-state index contributed by atoms with van der Waals surface area (Å²) in [6.45, 7) is 0. The molecule has 1 amide bonds. The number of hydrogen-bond donors (Lipinski definition) is 3. The minimum Gasteiger partial charge on any atom is -0.506 e. The topological polar surface area (TPSA) is 108 Å². The van der Waals surface area contributed by atoms with Gasteiger partial charge >= 0.3 is 0 Å². The Morgan fingerprint density at radius 1 is 0.967 bits per heavy atom. The van der Waals surface area contributed by atoms with E-state index in [1.165, 1.54) is 24.4 Å². The van der Waals surface area contributed by atoms with Gasteiger partial charge < -0.3 is 5.11 Å². The van der Waals surface area contributed by atoms with Crippen LogP contribution in [0.1, 0.15) is 15.9 Å². The predicted molar refractivity (Wildman–Crippen MR) is 122 cm³/mol. The molecule has 0 fully saturated rings. The van der Waals surface area contributed by atoms with Crippen molar-refractivity contribution in [1.29, 1.82) is 0 Å². The number of halogens is 2. The summed E-state index contributed by atoms with van der Waals surface area (Å²) >= 11 is 6.44. The van der Waals surface area contributed by atoms with Crippen molar-refractivity contribution in [2.45, 2.75) is 4.90 Å². The fraction of sp³-hybridized carbons (Fsp3) is 0. The van der Waals surface area contributed by atoms with Crippen LogP contribution in [-0.2, 0) is 10.0 Å². The second-order valence-corrected chi connectivity index (χ2v) is 9.42. The van der Waals surface area contributed by atoms with Crippen LogP contribution in [-0.4, -0.2) is 25.6 Å². The van der Waals surface area contributed by atoms with Gasteiger partial charge in [-0.05, 0) is 79.9 Å². The fourth-order valence-corrected chi connectivity index (χ4v) is 4.72. The second kappa shape index (κ2) is 9.41. The quantitative estimate of drug-likeness (QED) is 0.309. The SMILES string of the molecule is O=C(NN=Cc1cc(Br)c(O)c(Br)c1)c1cccc(NS(=O)(=O)c2ccccc2)c1. The van der Waals surface area contributed by atoms with Crippen LogP contribution in [0.3, 0.4) is 0 Å². The molecule has 3 aromatic carbocycles. The van der Waals surface area contributed by atoms with Gasteiger partial charge in [0.05, 0.1) is 20.1 Å². The Balaban J connectivity index is 1.70. The number of nitrogens with zero attached hydrogens (tertiary/aromatic N) is 1. The molecule has 0 spiro atoms. The maximum Gasteiger partial charge on any atom is 0.271 e. The number of rotatable bonds is 6. The molecule has 0 radical (unpaired) electrons. The van der Waals surface area contributed by atoms with Crippen LogP contribution in [0.2, 0.25) is 0 Å². The molecular weight excluding hydrogens is 538 g/mol. The molecule has 7 nitrogen and oxygen atoms in total. The van der Waals surface area contributed by atoms with Crippen LogP contribution in [0.25, 0.3) is 0 Å². The van der Waals surface area contributed by atoms with Gasteiger partial charge in [-0.3, -0.25) is 9.52 Å². The summed E-state index contributed by atoms with van der Waals surface area (Å²) in [4.78, 5) is 12.5. The highest BCUT2D eigenvalue weighted by Gasteiger charge is 2.14. The number of phenols is 1. The number of nitrogens with one attached hydrogen (secondary N) is 2. The summed E-state index contributed by atoms with van der Waals surface area (Å²) in [5.74, 6) is -0.449. The van der Waals surface area contributed by atoms with E-state index in [2.05, 4.69) is 47.1 Å². The van der Waals surface area contributed by atoms with Crippen LogP contribution >= 0.6 is 31.9 Å². The summed E-state index contributed by atoms with van der Waals surface area (Å²) in [5, 5.41) is 13.6. The smallest absolute Gasteiger partial charge is 0.271 e. The van der Waals surface area contributed by atoms with E-state index in [-0.39, 0.29) is 21.9 Å². The molecule has 3 N–H and O–H groups in total. The molecule has 3 rings (SSSR count). The number of amides is 1. The fourth-order valence-electron chi connectivity index (χ4n) is 2.43. The largest absolute Gasteiger partial charge is 0.506 e. The van der Waals surface area contributed by atoms with Gasteiger partial charge in [0.15, 0.2) is 0 Å². The molecule has 0 aliphatic heterocycles. The first kappa shape index (κ1) is 22.0. The van der Waals surface area contributed by atoms with Crippen LogP contribution < -0.4 is 10.1 Å². The Kier molecular flexibility index (Phi) is 6.91. The average molecular weight is 553 g/mol. The van der Waals surface area contributed by atoms with E-state index in [0.29, 0.717) is 14.5 Å². The Morgan fingerprint density at radius 2 is 1.63 bits per heavy atom. The van der Waals surface area contributed by atoms with Crippen molar-refractivity contribution in [3.05, 3.63) is 86.8 Å². The Morgan fingerprint density at radius 3 is 2.30 bits per heavy atom. The van der Waals surface area contributed by atoms with Crippen molar-refractivity contribution in [2.75, 3.05) is 4.72 Å². The maximum absolute atomic E-state index is 12.4. The Bertz CT molecular complexity index is 1190. The number of phenolic OH excluding ortho intramolecular Hbond substituents is 1. The van der Waals surface area contributed by atoms with E-state index >= 15 is 0 Å². The van der Waals surface area contributed by atoms with Crippen LogP contribution in [0.4, 0.5) is 5.69 Å². The number of benzene rings is 3. The van der Waals surface area contributed by atoms with Crippen molar-refractivity contribution >= 4 is 59.7 Å². The van der Waals surface area contributed by atoms with Crippen LogP contribution in [0, 0.1) is 0 Å². The van der Waals surface area contributed by atoms with Gasteiger partial charge in [-0.2, -0.15) is 5.10 Å². The number of carbonyl (C=O) groups is 1. The van der Waals surface area contributed by atoms with Crippen molar-refractivity contribution in [1.82, 2.24) is 5.43 Å². The van der Waals surface area contributed by atoms with E-state index < -0.39 is 15.9 Å². The highest BCUT2D eigenvalue weighted by molar-refractivity contribution is 9.11. The lowest BCUT2D eigenvalue weighted by atomic mass is 10.2. The molecule has 154 valence electrons. The molecule has 3 aromatic rings. The first-order chi connectivity index (χ1) is 14.3. The maximum atomic E-state index is 12.4. The lowest BCUT2D eigenvalue weighted by Gasteiger charge is -2.09. The highest BCUT2D eigenvalue weighted by atomic mass is 79.9. The zero-order chi connectivity index (χ0) is 21.7. The summed E-state index contributed by atoms with van der Waals surface area (Å²) in [6, 6.07) is 17.3. The minimum absolute atomic E-state index is 0.0611. The zero-order valence-corrected chi connectivity index (χ0v) is 19.2. The monoisotopic (exact) mass is 551 g/mol. The van der Waals surface area contributed by atoms with Crippen LogP contribution in [0.5, 0.6) is 5.75 Å². The Hall–Kier alpha value is -2.69. The van der Waals surface area contributed by atoms with Crippen molar-refractivity contribution in [3.63, 3.8) is 0 Å². The molecule has 30 heavy (non-hydrogen) atoms. The Labute approximate surface area is 190 Å². The summed E-state index contributed by atoms with van der Waals surface area (Å²) in [7, 11) is -3.76. The summed E-state index contributed by atoms with van der Waals surface area (Å²) in [5.41, 5.74) is 3.50. The van der Waals surface area contributed by atoms with Crippen LogP contribution in [0.15, 0.2) is 85.7 Å². The van der Waals surface area contributed by atoms with E-state index in [1.54, 1.807) is 48.5 Å². The first-order valence-electron chi connectivity index (χ1n) is 8.45. The van der Waals surface area contributed by atoms with Gasteiger partial charge in [-0.15, -0.1) is 0 Å². The third-order valence-corrected chi connectivity index (χ3v) is 6.46. The number of carbonyl (C=O) groups excluding carboxylic acids is 1. The molecule has 0 atom stereocenters. The summed E-state index contributed by atoms with van der Waals surface area (Å²) < 4.78 is 28.3. The molecular formula is C20H15Br2N3O4S. The van der Waals surface area contributed by atoms with Gasteiger partial charge in [-0.25, -0.2) is 13.8 Å². The first-order valence-corrected chi connectivity index (χ1v) is 11.5.